The average molecular weight is 354 g/mol. The molecule has 1 aromatic heterocycles. The second-order valence-electron chi connectivity index (χ2n) is 8.14. The first-order valence-corrected chi connectivity index (χ1v) is 9.05. The van der Waals surface area contributed by atoms with Crippen molar-refractivity contribution in [2.45, 2.75) is 59.5 Å². The van der Waals surface area contributed by atoms with E-state index in [1.807, 2.05) is 39.0 Å². The Morgan fingerprint density at radius 1 is 1.31 bits per heavy atom. The van der Waals surface area contributed by atoms with Gasteiger partial charge in [0.15, 0.2) is 5.78 Å². The summed E-state index contributed by atoms with van der Waals surface area (Å²) in [4.78, 5) is 30.3. The first kappa shape index (κ1) is 18.4. The molecule has 1 atom stereocenters. The Kier molecular flexibility index (Phi) is 4.74. The van der Waals surface area contributed by atoms with E-state index in [9.17, 15) is 9.59 Å². The predicted octanol–water partition coefficient (Wildman–Crippen LogP) is 3.64. The molecule has 3 rings (SSSR count). The fourth-order valence-corrected chi connectivity index (χ4v) is 3.83. The molecule has 0 radical (unpaired) electrons. The van der Waals surface area contributed by atoms with E-state index in [2.05, 4.69) is 24.1 Å². The summed E-state index contributed by atoms with van der Waals surface area (Å²) in [6, 6.07) is 5.57. The molecule has 138 valence electrons. The zero-order valence-corrected chi connectivity index (χ0v) is 16.1. The lowest BCUT2D eigenvalue weighted by Gasteiger charge is -2.39. The lowest BCUT2D eigenvalue weighted by molar-refractivity contribution is -0.143. The smallest absolute Gasteiger partial charge is 0.337 e. The zero-order chi connectivity index (χ0) is 19.1. The van der Waals surface area contributed by atoms with Crippen molar-refractivity contribution in [1.82, 2.24) is 10.3 Å². The van der Waals surface area contributed by atoms with E-state index in [-0.39, 0.29) is 17.3 Å². The van der Waals surface area contributed by atoms with Crippen LogP contribution in [0.2, 0.25) is 0 Å². The molecule has 0 saturated heterocycles. The number of nitrogens with zero attached hydrogens (tertiary/aromatic N) is 1. The monoisotopic (exact) mass is 354 g/mol. The summed E-state index contributed by atoms with van der Waals surface area (Å²) in [5.74, 6) is -0.811. The molecular formula is C21H26N2O3. The fraction of sp³-hybridized carbons (Fsp3) is 0.476. The normalized spacial score (nSPS) is 22.2. The Bertz CT molecular complexity index is 804. The highest BCUT2D eigenvalue weighted by Crippen LogP contribution is 2.46. The topological polar surface area (TPSA) is 68.3 Å². The molecule has 0 fully saturated rings. The third kappa shape index (κ3) is 3.43. The van der Waals surface area contributed by atoms with Crippen LogP contribution >= 0.6 is 0 Å². The third-order valence-electron chi connectivity index (χ3n) is 4.79. The number of dihydropyridines is 1. The van der Waals surface area contributed by atoms with Crippen LogP contribution in [0.25, 0.3) is 0 Å². The highest BCUT2D eigenvalue weighted by atomic mass is 16.5. The minimum absolute atomic E-state index is 0.0711. The average Bonchev–Trinajstić information content (AvgIpc) is 2.52. The van der Waals surface area contributed by atoms with Gasteiger partial charge in [-0.3, -0.25) is 9.78 Å². The highest BCUT2D eigenvalue weighted by Gasteiger charge is 2.43. The number of carbonyl (C=O) groups excluding carboxylic acids is 2. The van der Waals surface area contributed by atoms with Crippen LogP contribution in [0.4, 0.5) is 0 Å². The molecule has 1 unspecified atom stereocenters. The van der Waals surface area contributed by atoms with E-state index in [0.717, 1.165) is 17.8 Å². The van der Waals surface area contributed by atoms with Crippen LogP contribution in [0.5, 0.6) is 0 Å². The molecule has 1 aliphatic carbocycles. The molecule has 0 amide bonds. The summed E-state index contributed by atoms with van der Waals surface area (Å²) in [7, 11) is 0. The highest BCUT2D eigenvalue weighted by molar-refractivity contribution is 6.04. The Morgan fingerprint density at radius 2 is 2.04 bits per heavy atom. The SMILES string of the molecule is CC1=C(C(=O)OC(C)C)C(c2ccccn2)C2=C(CC(C)(C)CC2=O)N1. The number of pyridine rings is 1. The van der Waals surface area contributed by atoms with Crippen LogP contribution in [-0.2, 0) is 14.3 Å². The number of carbonyl (C=O) groups is 2. The Morgan fingerprint density at radius 3 is 2.65 bits per heavy atom. The summed E-state index contributed by atoms with van der Waals surface area (Å²) in [6.07, 6.45) is 2.68. The summed E-state index contributed by atoms with van der Waals surface area (Å²) < 4.78 is 5.47. The number of hydrogen-bond acceptors (Lipinski definition) is 5. The van der Waals surface area contributed by atoms with Crippen molar-refractivity contribution in [2.24, 2.45) is 5.41 Å². The van der Waals surface area contributed by atoms with E-state index in [4.69, 9.17) is 4.74 Å². The van der Waals surface area contributed by atoms with Gasteiger partial charge < -0.3 is 10.1 Å². The van der Waals surface area contributed by atoms with Gasteiger partial charge in [0.1, 0.15) is 0 Å². The molecule has 5 nitrogen and oxygen atoms in total. The molecule has 0 aromatic carbocycles. The molecule has 1 N–H and O–H groups in total. The maximum absolute atomic E-state index is 13.0. The van der Waals surface area contributed by atoms with Crippen molar-refractivity contribution in [3.63, 3.8) is 0 Å². The van der Waals surface area contributed by atoms with Gasteiger partial charge in [0.05, 0.1) is 23.3 Å². The van der Waals surface area contributed by atoms with Crippen molar-refractivity contribution in [3.8, 4) is 0 Å². The number of esters is 1. The van der Waals surface area contributed by atoms with Crippen LogP contribution in [0.3, 0.4) is 0 Å². The van der Waals surface area contributed by atoms with Crippen molar-refractivity contribution in [2.75, 3.05) is 0 Å². The van der Waals surface area contributed by atoms with Crippen molar-refractivity contribution < 1.29 is 14.3 Å². The first-order valence-electron chi connectivity index (χ1n) is 9.05. The minimum Gasteiger partial charge on any atom is -0.460 e. The van der Waals surface area contributed by atoms with Crippen molar-refractivity contribution >= 4 is 11.8 Å². The maximum atomic E-state index is 13.0. The number of aromatic nitrogens is 1. The Balaban J connectivity index is 2.14. The van der Waals surface area contributed by atoms with E-state index < -0.39 is 11.9 Å². The summed E-state index contributed by atoms with van der Waals surface area (Å²) in [5, 5.41) is 3.32. The molecule has 2 heterocycles. The van der Waals surface area contributed by atoms with Crippen LogP contribution < -0.4 is 5.32 Å². The number of allylic oxidation sites excluding steroid dienone is 3. The molecule has 1 aromatic rings. The van der Waals surface area contributed by atoms with Crippen LogP contribution in [-0.4, -0.2) is 22.8 Å². The molecular weight excluding hydrogens is 328 g/mol. The van der Waals surface area contributed by atoms with Crippen molar-refractivity contribution in [1.29, 1.82) is 0 Å². The number of ether oxygens (including phenoxy) is 1. The third-order valence-corrected chi connectivity index (χ3v) is 4.79. The Hall–Kier alpha value is -2.43. The summed E-state index contributed by atoms with van der Waals surface area (Å²) >= 11 is 0. The van der Waals surface area contributed by atoms with Gasteiger partial charge in [-0.2, -0.15) is 0 Å². The summed E-state index contributed by atoms with van der Waals surface area (Å²) in [5.41, 5.74) is 3.36. The number of hydrogen-bond donors (Lipinski definition) is 1. The molecule has 2 aliphatic rings. The quantitative estimate of drug-likeness (QED) is 0.840. The van der Waals surface area contributed by atoms with Gasteiger partial charge in [-0.15, -0.1) is 0 Å². The first-order chi connectivity index (χ1) is 12.2. The largest absolute Gasteiger partial charge is 0.460 e. The van der Waals surface area contributed by atoms with Gasteiger partial charge in [-0.1, -0.05) is 19.9 Å². The predicted molar refractivity (Wildman–Crippen MR) is 99.1 cm³/mol. The van der Waals surface area contributed by atoms with Crippen LogP contribution in [0.1, 0.15) is 59.1 Å². The fourth-order valence-electron chi connectivity index (χ4n) is 3.83. The molecule has 0 spiro atoms. The zero-order valence-electron chi connectivity index (χ0n) is 16.1. The van der Waals surface area contributed by atoms with Gasteiger partial charge in [-0.25, -0.2) is 4.79 Å². The van der Waals surface area contributed by atoms with Gasteiger partial charge in [-0.05, 0) is 44.7 Å². The van der Waals surface area contributed by atoms with E-state index in [0.29, 0.717) is 23.3 Å². The number of rotatable bonds is 3. The van der Waals surface area contributed by atoms with Gasteiger partial charge in [0, 0.05) is 29.6 Å². The second kappa shape index (κ2) is 6.71. The van der Waals surface area contributed by atoms with E-state index in [1.54, 1.807) is 6.20 Å². The minimum atomic E-state index is -0.484. The van der Waals surface area contributed by atoms with Crippen LogP contribution in [0, 0.1) is 5.41 Å². The molecule has 0 saturated carbocycles. The van der Waals surface area contributed by atoms with E-state index in [1.165, 1.54) is 0 Å². The van der Waals surface area contributed by atoms with Gasteiger partial charge in [0.25, 0.3) is 0 Å². The number of Topliss-reactive ketones (excluding diaryl/α,β-unsaturated/α-hetero) is 1. The Labute approximate surface area is 154 Å². The molecule has 1 aliphatic heterocycles. The number of ketones is 1. The van der Waals surface area contributed by atoms with Gasteiger partial charge >= 0.3 is 5.97 Å². The second-order valence-corrected chi connectivity index (χ2v) is 8.14. The van der Waals surface area contributed by atoms with Crippen LogP contribution in [0.15, 0.2) is 46.9 Å². The molecule has 5 heteroatoms. The van der Waals surface area contributed by atoms with Crippen molar-refractivity contribution in [3.05, 3.63) is 52.6 Å². The summed E-state index contributed by atoms with van der Waals surface area (Å²) in [6.45, 7) is 9.68. The lowest BCUT2D eigenvalue weighted by atomic mass is 9.69. The molecule has 0 bridgehead atoms. The van der Waals surface area contributed by atoms with E-state index >= 15 is 0 Å². The maximum Gasteiger partial charge on any atom is 0.337 e. The standard InChI is InChI=1S/C21H26N2O3/c1-12(2)26-20(25)17-13(3)23-15-10-21(4,5)11-16(24)18(15)19(17)14-8-6-7-9-22-14/h6-9,12,19,23H,10-11H2,1-5H3. The lowest BCUT2D eigenvalue weighted by Crippen LogP contribution is -2.39. The van der Waals surface area contributed by atoms with Gasteiger partial charge in [0.2, 0.25) is 0 Å². The molecule has 26 heavy (non-hydrogen) atoms. The number of nitrogens with one attached hydrogen (secondary N) is 1.